The third-order valence-electron chi connectivity index (χ3n) is 10.3. The topological polar surface area (TPSA) is 134 Å². The van der Waals surface area contributed by atoms with E-state index in [9.17, 15) is 24.3 Å². The molecule has 52 heavy (non-hydrogen) atoms. The lowest BCUT2D eigenvalue weighted by molar-refractivity contribution is -0.148. The van der Waals surface area contributed by atoms with E-state index in [1.807, 2.05) is 65.6 Å². The van der Waals surface area contributed by atoms with Crippen molar-refractivity contribution in [2.24, 2.45) is 0 Å². The highest BCUT2D eigenvalue weighted by molar-refractivity contribution is 5.98. The first-order chi connectivity index (χ1) is 25.2. The van der Waals surface area contributed by atoms with Crippen LogP contribution in [0.4, 0.5) is 0 Å². The van der Waals surface area contributed by atoms with Gasteiger partial charge in [0.1, 0.15) is 17.5 Å². The summed E-state index contributed by atoms with van der Waals surface area (Å²) in [4.78, 5) is 57.2. The van der Waals surface area contributed by atoms with Gasteiger partial charge in [0.15, 0.2) is 0 Å². The summed E-state index contributed by atoms with van der Waals surface area (Å²) in [6.07, 6.45) is 2.18. The predicted molar refractivity (Wildman–Crippen MR) is 196 cm³/mol. The monoisotopic (exact) mass is 703 g/mol. The first-order valence-corrected chi connectivity index (χ1v) is 17.9. The van der Waals surface area contributed by atoms with E-state index >= 15 is 0 Å². The van der Waals surface area contributed by atoms with Crippen molar-refractivity contribution in [3.8, 4) is 11.5 Å². The maximum atomic E-state index is 14.8. The van der Waals surface area contributed by atoms with E-state index in [0.29, 0.717) is 50.1 Å². The van der Waals surface area contributed by atoms with E-state index in [-0.39, 0.29) is 42.5 Å². The summed E-state index contributed by atoms with van der Waals surface area (Å²) < 4.78 is 10.7. The Morgan fingerprint density at radius 3 is 2.25 bits per heavy atom. The Kier molecular flexibility index (Phi) is 11.2. The van der Waals surface area contributed by atoms with Gasteiger partial charge in [0, 0.05) is 25.6 Å². The second kappa shape index (κ2) is 16.1. The molecule has 0 radical (unpaired) electrons. The summed E-state index contributed by atoms with van der Waals surface area (Å²) in [6.45, 7) is 2.87. The molecule has 3 atom stereocenters. The SMILES string of the molecule is CCOC(=O)C(Cc1ccc(O)cc1)NC(=O)[C@@]1(c2ccccc2)CC[C@H](C(=O)N2CCC(NC(=O)c3ccccc3OC)CC2)c2ccccc21. The standard InChI is InChI=1S/C42H45N3O7/c1-3-52-40(49)36(27-28-17-19-31(46)20-18-28)44-41(50)42(29-11-5-4-6-12-29)24-21-33(32-13-7-9-15-35(32)42)39(48)45-25-22-30(23-26-45)43-38(47)34-14-8-10-16-37(34)51-2/h4-20,30,33,36,46H,3,21-27H2,1-2H3,(H,43,47)(H,44,50)/t33-,36?,42+/m0/s1. The Morgan fingerprint density at radius 2 is 1.54 bits per heavy atom. The molecule has 3 amide bonds. The van der Waals surface area contributed by atoms with Crippen molar-refractivity contribution < 1.29 is 33.8 Å². The molecule has 1 aliphatic carbocycles. The number of nitrogens with zero attached hydrogens (tertiary/aromatic N) is 1. The zero-order valence-corrected chi connectivity index (χ0v) is 29.5. The van der Waals surface area contributed by atoms with Crippen LogP contribution in [0.25, 0.3) is 0 Å². The summed E-state index contributed by atoms with van der Waals surface area (Å²) in [6, 6.07) is 29.7. The first-order valence-electron chi connectivity index (χ1n) is 17.9. The van der Waals surface area contributed by atoms with Gasteiger partial charge in [0.05, 0.1) is 30.6 Å². The van der Waals surface area contributed by atoms with Crippen LogP contribution in [-0.2, 0) is 31.0 Å². The molecular weight excluding hydrogens is 658 g/mol. The van der Waals surface area contributed by atoms with Gasteiger partial charge < -0.3 is 30.1 Å². The fourth-order valence-electron chi connectivity index (χ4n) is 7.63. The lowest BCUT2D eigenvalue weighted by Crippen LogP contribution is -2.54. The van der Waals surface area contributed by atoms with Gasteiger partial charge in [-0.2, -0.15) is 0 Å². The van der Waals surface area contributed by atoms with Crippen molar-refractivity contribution in [2.45, 2.75) is 62.4 Å². The fraction of sp³-hybridized carbons (Fsp3) is 0.333. The smallest absolute Gasteiger partial charge is 0.328 e. The lowest BCUT2D eigenvalue weighted by atomic mass is 9.62. The van der Waals surface area contributed by atoms with Crippen LogP contribution in [0.1, 0.15) is 71.1 Å². The van der Waals surface area contributed by atoms with Crippen LogP contribution in [0.5, 0.6) is 11.5 Å². The lowest BCUT2D eigenvalue weighted by Gasteiger charge is -2.43. The maximum Gasteiger partial charge on any atom is 0.328 e. The first kappa shape index (κ1) is 36.2. The van der Waals surface area contributed by atoms with Gasteiger partial charge in [-0.3, -0.25) is 14.4 Å². The molecule has 0 bridgehead atoms. The van der Waals surface area contributed by atoms with Gasteiger partial charge in [0.25, 0.3) is 5.91 Å². The van der Waals surface area contributed by atoms with E-state index in [0.717, 1.165) is 22.3 Å². The molecule has 1 heterocycles. The minimum absolute atomic E-state index is 0.000699. The van der Waals surface area contributed by atoms with Crippen LogP contribution in [0.3, 0.4) is 0 Å². The van der Waals surface area contributed by atoms with Gasteiger partial charge in [-0.1, -0.05) is 78.9 Å². The third-order valence-corrected chi connectivity index (χ3v) is 10.3. The molecule has 3 N–H and O–H groups in total. The number of carbonyl (C=O) groups excluding carboxylic acids is 4. The van der Waals surface area contributed by atoms with Crippen molar-refractivity contribution in [2.75, 3.05) is 26.8 Å². The average Bonchev–Trinajstić information content (AvgIpc) is 3.18. The molecule has 1 aliphatic heterocycles. The number of phenolic OH excluding ortho intramolecular Hbond substituents is 1. The minimum atomic E-state index is -1.18. The van der Waals surface area contributed by atoms with Crippen LogP contribution in [0, 0.1) is 0 Å². The maximum absolute atomic E-state index is 14.8. The number of methoxy groups -OCH3 is 1. The number of esters is 1. The number of amides is 3. The summed E-state index contributed by atoms with van der Waals surface area (Å²) in [5.74, 6) is -0.942. The summed E-state index contributed by atoms with van der Waals surface area (Å²) in [5.41, 5.74) is 2.34. The second-order valence-electron chi connectivity index (χ2n) is 13.4. The summed E-state index contributed by atoms with van der Waals surface area (Å²) in [7, 11) is 1.54. The molecule has 0 spiro atoms. The number of likely N-dealkylation sites (tertiary alicyclic amines) is 1. The van der Waals surface area contributed by atoms with Gasteiger partial charge >= 0.3 is 5.97 Å². The second-order valence-corrected chi connectivity index (χ2v) is 13.4. The number of hydrogen-bond donors (Lipinski definition) is 3. The average molecular weight is 704 g/mol. The number of rotatable bonds is 11. The zero-order chi connectivity index (χ0) is 36.7. The molecule has 0 aromatic heterocycles. The van der Waals surface area contributed by atoms with Crippen LogP contribution in [0.15, 0.2) is 103 Å². The molecule has 1 unspecified atom stereocenters. The minimum Gasteiger partial charge on any atom is -0.508 e. The van der Waals surface area contributed by atoms with Crippen molar-refractivity contribution in [3.05, 3.63) is 131 Å². The number of para-hydroxylation sites is 1. The number of carbonyl (C=O) groups is 4. The summed E-state index contributed by atoms with van der Waals surface area (Å²) >= 11 is 0. The molecule has 1 fully saturated rings. The Labute approximate surface area is 304 Å². The van der Waals surface area contributed by atoms with Crippen molar-refractivity contribution in [1.82, 2.24) is 15.5 Å². The van der Waals surface area contributed by atoms with Crippen molar-refractivity contribution >= 4 is 23.7 Å². The quantitative estimate of drug-likeness (QED) is 0.181. The largest absolute Gasteiger partial charge is 0.508 e. The number of nitrogens with one attached hydrogen (secondary N) is 2. The molecule has 10 nitrogen and oxygen atoms in total. The molecule has 4 aromatic rings. The fourth-order valence-corrected chi connectivity index (χ4v) is 7.63. The number of benzene rings is 4. The van der Waals surface area contributed by atoms with E-state index in [1.54, 1.807) is 49.4 Å². The van der Waals surface area contributed by atoms with E-state index in [1.165, 1.54) is 7.11 Å². The zero-order valence-electron chi connectivity index (χ0n) is 29.5. The van der Waals surface area contributed by atoms with Gasteiger partial charge in [-0.05, 0) is 79.1 Å². The Morgan fingerprint density at radius 1 is 0.865 bits per heavy atom. The molecule has 270 valence electrons. The van der Waals surface area contributed by atoms with Crippen LogP contribution in [-0.4, -0.2) is 72.6 Å². The van der Waals surface area contributed by atoms with Crippen LogP contribution < -0.4 is 15.4 Å². The Hall–Kier alpha value is -5.64. The van der Waals surface area contributed by atoms with Gasteiger partial charge in [0.2, 0.25) is 11.8 Å². The number of fused-ring (bicyclic) bond motifs is 1. The molecule has 1 saturated heterocycles. The Bertz CT molecular complexity index is 1890. The van der Waals surface area contributed by atoms with Crippen LogP contribution in [0.2, 0.25) is 0 Å². The molecule has 2 aliphatic rings. The molecule has 10 heteroatoms. The highest BCUT2D eigenvalue weighted by Crippen LogP contribution is 2.48. The molecule has 6 rings (SSSR count). The number of phenols is 1. The van der Waals surface area contributed by atoms with E-state index < -0.39 is 23.3 Å². The van der Waals surface area contributed by atoms with Gasteiger partial charge in [-0.25, -0.2) is 4.79 Å². The third kappa shape index (κ3) is 7.51. The van der Waals surface area contributed by atoms with Crippen molar-refractivity contribution in [3.63, 3.8) is 0 Å². The molecule has 0 saturated carbocycles. The van der Waals surface area contributed by atoms with Crippen molar-refractivity contribution in [1.29, 1.82) is 0 Å². The van der Waals surface area contributed by atoms with E-state index in [2.05, 4.69) is 10.6 Å². The summed E-state index contributed by atoms with van der Waals surface area (Å²) in [5, 5.41) is 15.9. The number of hydrogen-bond acceptors (Lipinski definition) is 7. The molecular formula is C42H45N3O7. The molecule has 4 aromatic carbocycles. The number of piperidine rings is 1. The number of aromatic hydroxyl groups is 1. The normalized spacial score (nSPS) is 19.1. The highest BCUT2D eigenvalue weighted by Gasteiger charge is 2.49. The van der Waals surface area contributed by atoms with Crippen LogP contribution >= 0.6 is 0 Å². The highest BCUT2D eigenvalue weighted by atomic mass is 16.5. The number of ether oxygens (including phenoxy) is 2. The predicted octanol–water partition coefficient (Wildman–Crippen LogP) is 5.28. The van der Waals surface area contributed by atoms with Gasteiger partial charge in [-0.15, -0.1) is 0 Å². The Balaban J connectivity index is 1.23. The van der Waals surface area contributed by atoms with E-state index in [4.69, 9.17) is 9.47 Å².